The third-order valence-electron chi connectivity index (χ3n) is 1.85. The highest BCUT2D eigenvalue weighted by Gasteiger charge is 2.27. The number of hydrogen-bond acceptors (Lipinski definition) is 1. The van der Waals surface area contributed by atoms with Crippen LogP contribution < -0.4 is 5.73 Å². The van der Waals surface area contributed by atoms with Crippen LogP contribution in [0.15, 0.2) is 0 Å². The Labute approximate surface area is 51.3 Å². The van der Waals surface area contributed by atoms with Crippen LogP contribution in [0.5, 0.6) is 0 Å². The van der Waals surface area contributed by atoms with Crippen molar-refractivity contribution in [3.8, 4) is 0 Å². The lowest BCUT2D eigenvalue weighted by molar-refractivity contribution is 0.543. The van der Waals surface area contributed by atoms with Crippen LogP contribution in [0.2, 0.25) is 0 Å². The fraction of sp³-hybridized carbons (Fsp3) is 1.00. The molecule has 0 aromatic carbocycles. The summed E-state index contributed by atoms with van der Waals surface area (Å²) >= 11 is 0. The van der Waals surface area contributed by atoms with Crippen molar-refractivity contribution < 1.29 is 0 Å². The number of hydrogen-bond donors (Lipinski definition) is 1. The Hall–Kier alpha value is -0.0400. The van der Waals surface area contributed by atoms with E-state index in [0.717, 1.165) is 5.92 Å². The van der Waals surface area contributed by atoms with Gasteiger partial charge in [0, 0.05) is 6.04 Å². The summed E-state index contributed by atoms with van der Waals surface area (Å²) < 4.78 is 0. The van der Waals surface area contributed by atoms with Gasteiger partial charge in [0.15, 0.2) is 0 Å². The smallest absolute Gasteiger partial charge is 0.00670 e. The lowest BCUT2D eigenvalue weighted by atomic mass is 10.1. The van der Waals surface area contributed by atoms with Crippen LogP contribution in [0, 0.1) is 5.92 Å². The van der Waals surface area contributed by atoms with Crippen molar-refractivity contribution in [1.82, 2.24) is 0 Å². The largest absolute Gasteiger partial charge is 0.327 e. The van der Waals surface area contributed by atoms with Crippen molar-refractivity contribution >= 4 is 0 Å². The van der Waals surface area contributed by atoms with E-state index in [9.17, 15) is 0 Å². The van der Waals surface area contributed by atoms with E-state index >= 15 is 0 Å². The summed E-state index contributed by atoms with van der Waals surface area (Å²) in [7, 11) is 0. The Morgan fingerprint density at radius 3 is 2.62 bits per heavy atom. The van der Waals surface area contributed by atoms with Crippen LogP contribution in [0.25, 0.3) is 0 Å². The second kappa shape index (κ2) is 2.49. The van der Waals surface area contributed by atoms with Crippen molar-refractivity contribution in [2.45, 2.75) is 38.6 Å². The van der Waals surface area contributed by atoms with Gasteiger partial charge < -0.3 is 5.73 Å². The van der Waals surface area contributed by atoms with Gasteiger partial charge in [0.05, 0.1) is 0 Å². The molecular formula is C7H15N. The molecule has 1 atom stereocenters. The zero-order valence-corrected chi connectivity index (χ0v) is 5.56. The maximum absolute atomic E-state index is 5.79. The molecule has 0 aromatic heterocycles. The fourth-order valence-electron chi connectivity index (χ4n) is 1.09. The average Bonchev–Trinajstić information content (AvgIpc) is 2.45. The van der Waals surface area contributed by atoms with Crippen molar-refractivity contribution in [2.24, 2.45) is 11.7 Å². The summed E-state index contributed by atoms with van der Waals surface area (Å²) in [6, 6.07) is 0.528. The Bertz CT molecular complexity index is 66.8. The van der Waals surface area contributed by atoms with Crippen molar-refractivity contribution in [1.29, 1.82) is 0 Å². The van der Waals surface area contributed by atoms with E-state index < -0.39 is 0 Å². The first-order valence-electron chi connectivity index (χ1n) is 3.60. The zero-order chi connectivity index (χ0) is 5.98. The first-order chi connectivity index (χ1) is 3.84. The zero-order valence-electron chi connectivity index (χ0n) is 5.56. The van der Waals surface area contributed by atoms with Crippen molar-refractivity contribution in [3.63, 3.8) is 0 Å². The average molecular weight is 113 g/mol. The molecule has 1 aliphatic carbocycles. The molecule has 0 saturated heterocycles. The summed E-state index contributed by atoms with van der Waals surface area (Å²) in [6.45, 7) is 2.20. The second-order valence-electron chi connectivity index (χ2n) is 2.79. The monoisotopic (exact) mass is 113 g/mol. The lowest BCUT2D eigenvalue weighted by Crippen LogP contribution is -2.21. The van der Waals surface area contributed by atoms with Crippen LogP contribution in [-0.4, -0.2) is 6.04 Å². The van der Waals surface area contributed by atoms with Crippen molar-refractivity contribution in [3.05, 3.63) is 0 Å². The summed E-state index contributed by atoms with van der Waals surface area (Å²) in [6.07, 6.45) is 5.25. The quantitative estimate of drug-likeness (QED) is 0.590. The molecule has 1 aliphatic rings. The Balaban J connectivity index is 2.03. The molecule has 0 heterocycles. The summed E-state index contributed by atoms with van der Waals surface area (Å²) in [5, 5.41) is 0. The van der Waals surface area contributed by atoms with E-state index in [1.165, 1.54) is 25.7 Å². The maximum Gasteiger partial charge on any atom is 0.00670 e. The molecule has 0 radical (unpaired) electrons. The van der Waals surface area contributed by atoms with E-state index in [2.05, 4.69) is 6.92 Å². The highest BCUT2D eigenvalue weighted by molar-refractivity contribution is 4.83. The standard InChI is InChI=1S/C7H15N/c1-2-3-7(8)6-4-5-6/h6-7H,2-5,8H2,1H3/t7-/m1/s1. The van der Waals surface area contributed by atoms with Gasteiger partial charge in [-0.15, -0.1) is 0 Å². The molecule has 0 aliphatic heterocycles. The van der Waals surface area contributed by atoms with Gasteiger partial charge in [-0.25, -0.2) is 0 Å². The minimum Gasteiger partial charge on any atom is -0.327 e. The number of rotatable bonds is 3. The van der Waals surface area contributed by atoms with Crippen LogP contribution in [0.1, 0.15) is 32.6 Å². The molecule has 1 rings (SSSR count). The molecule has 1 saturated carbocycles. The van der Waals surface area contributed by atoms with Crippen molar-refractivity contribution in [2.75, 3.05) is 0 Å². The first-order valence-corrected chi connectivity index (χ1v) is 3.60. The van der Waals surface area contributed by atoms with Gasteiger partial charge in [-0.2, -0.15) is 0 Å². The molecule has 1 heteroatoms. The van der Waals surface area contributed by atoms with Crippen LogP contribution in [-0.2, 0) is 0 Å². The van der Waals surface area contributed by atoms with Crippen LogP contribution in [0.3, 0.4) is 0 Å². The fourth-order valence-corrected chi connectivity index (χ4v) is 1.09. The van der Waals surface area contributed by atoms with E-state index in [-0.39, 0.29) is 0 Å². The van der Waals surface area contributed by atoms with Gasteiger partial charge in [-0.3, -0.25) is 0 Å². The third kappa shape index (κ3) is 1.48. The Kier molecular flexibility index (Phi) is 1.90. The number of nitrogens with two attached hydrogens (primary N) is 1. The topological polar surface area (TPSA) is 26.0 Å². The van der Waals surface area contributed by atoms with Gasteiger partial charge in [0.1, 0.15) is 0 Å². The molecule has 1 nitrogen and oxygen atoms in total. The summed E-state index contributed by atoms with van der Waals surface area (Å²) in [5.41, 5.74) is 5.79. The highest BCUT2D eigenvalue weighted by Crippen LogP contribution is 2.32. The predicted octanol–water partition coefficient (Wildman–Crippen LogP) is 1.52. The predicted molar refractivity (Wildman–Crippen MR) is 35.6 cm³/mol. The first kappa shape index (κ1) is 6.09. The summed E-state index contributed by atoms with van der Waals surface area (Å²) in [5.74, 6) is 0.898. The Morgan fingerprint density at radius 1 is 1.62 bits per heavy atom. The van der Waals surface area contributed by atoms with E-state index in [1.54, 1.807) is 0 Å². The molecule has 1 fully saturated rings. The van der Waals surface area contributed by atoms with Gasteiger partial charge in [-0.05, 0) is 25.2 Å². The molecular weight excluding hydrogens is 98.1 g/mol. The maximum atomic E-state index is 5.79. The molecule has 0 unspecified atom stereocenters. The Morgan fingerprint density at radius 2 is 2.25 bits per heavy atom. The normalized spacial score (nSPS) is 23.2. The minimum atomic E-state index is 0.528. The third-order valence-corrected chi connectivity index (χ3v) is 1.85. The lowest BCUT2D eigenvalue weighted by Gasteiger charge is -2.05. The highest BCUT2D eigenvalue weighted by atomic mass is 14.7. The van der Waals surface area contributed by atoms with Gasteiger partial charge in [0.25, 0.3) is 0 Å². The summed E-state index contributed by atoms with van der Waals surface area (Å²) in [4.78, 5) is 0. The second-order valence-corrected chi connectivity index (χ2v) is 2.79. The molecule has 0 aromatic rings. The molecule has 8 heavy (non-hydrogen) atoms. The molecule has 0 bridgehead atoms. The van der Waals surface area contributed by atoms with Crippen LogP contribution >= 0.6 is 0 Å². The molecule has 0 amide bonds. The van der Waals surface area contributed by atoms with Gasteiger partial charge >= 0.3 is 0 Å². The van der Waals surface area contributed by atoms with E-state index in [1.807, 2.05) is 0 Å². The minimum absolute atomic E-state index is 0.528. The van der Waals surface area contributed by atoms with E-state index in [4.69, 9.17) is 5.73 Å². The molecule has 2 N–H and O–H groups in total. The molecule has 0 spiro atoms. The van der Waals surface area contributed by atoms with E-state index in [0.29, 0.717) is 6.04 Å². The van der Waals surface area contributed by atoms with Crippen LogP contribution in [0.4, 0.5) is 0 Å². The van der Waals surface area contributed by atoms with Gasteiger partial charge in [-0.1, -0.05) is 13.3 Å². The van der Waals surface area contributed by atoms with Gasteiger partial charge in [0.2, 0.25) is 0 Å². The SMILES string of the molecule is CCC[C@@H](N)C1CC1. The molecule has 48 valence electrons.